The van der Waals surface area contributed by atoms with Gasteiger partial charge in [-0.05, 0) is 38.5 Å². The highest BCUT2D eigenvalue weighted by Gasteiger charge is 2.23. The van der Waals surface area contributed by atoms with Crippen molar-refractivity contribution in [3.05, 3.63) is 24.3 Å². The molecule has 2 N–H and O–H groups in total. The van der Waals surface area contributed by atoms with Crippen LogP contribution in [-0.2, 0) is 18.4 Å². The van der Waals surface area contributed by atoms with Gasteiger partial charge >= 0.3 is 0 Å². The molecule has 8 nitrogen and oxygen atoms in total. The van der Waals surface area contributed by atoms with Gasteiger partial charge in [0.25, 0.3) is 7.82 Å². The molecule has 3 unspecified atom stereocenters. The van der Waals surface area contributed by atoms with E-state index in [1.807, 2.05) is 27.2 Å². The number of phosphoric acid groups is 1. The normalized spacial score (nSPS) is 14.9. The molecule has 0 aromatic carbocycles. The Morgan fingerprint density at radius 2 is 1.15 bits per heavy atom. The minimum atomic E-state index is -4.58. The number of hydrogen-bond donors (Lipinski definition) is 2. The number of phosphoric ester groups is 1. The van der Waals surface area contributed by atoms with Crippen LogP contribution in [0.15, 0.2) is 24.3 Å². The smallest absolute Gasteiger partial charge is 0.268 e. The predicted molar refractivity (Wildman–Crippen MR) is 201 cm³/mol. The van der Waals surface area contributed by atoms with E-state index in [9.17, 15) is 19.4 Å². The largest absolute Gasteiger partial charge is 0.756 e. The van der Waals surface area contributed by atoms with Crippen molar-refractivity contribution in [2.45, 2.75) is 180 Å². The molecule has 0 radical (unpaired) electrons. The summed E-state index contributed by atoms with van der Waals surface area (Å²) < 4.78 is 23.0. The summed E-state index contributed by atoms with van der Waals surface area (Å²) in [4.78, 5) is 25.1. The molecule has 0 saturated heterocycles. The molecule has 3 atom stereocenters. The van der Waals surface area contributed by atoms with E-state index >= 15 is 0 Å². The second-order valence-corrected chi connectivity index (χ2v) is 16.0. The van der Waals surface area contributed by atoms with Crippen molar-refractivity contribution in [1.29, 1.82) is 0 Å². The molecule has 0 aromatic heterocycles. The number of nitrogens with one attached hydrogen (secondary N) is 1. The van der Waals surface area contributed by atoms with E-state index in [4.69, 9.17) is 9.05 Å². The van der Waals surface area contributed by atoms with Crippen molar-refractivity contribution in [1.82, 2.24) is 5.32 Å². The van der Waals surface area contributed by atoms with Crippen LogP contribution in [0.3, 0.4) is 0 Å². The number of carbonyl (C=O) groups is 1. The highest BCUT2D eigenvalue weighted by atomic mass is 31.2. The van der Waals surface area contributed by atoms with Crippen molar-refractivity contribution in [2.75, 3.05) is 40.9 Å². The summed E-state index contributed by atoms with van der Waals surface area (Å²) in [5, 5.41) is 13.7. The second kappa shape index (κ2) is 31.9. The molecule has 0 rings (SSSR count). The summed E-state index contributed by atoms with van der Waals surface area (Å²) in [5.74, 6) is -0.235. The minimum Gasteiger partial charge on any atom is -0.756 e. The summed E-state index contributed by atoms with van der Waals surface area (Å²) in [5.41, 5.74) is 0. The minimum absolute atomic E-state index is 0.00483. The predicted octanol–water partition coefficient (Wildman–Crippen LogP) is 9.55. The maximum atomic E-state index is 12.7. The molecule has 284 valence electrons. The van der Waals surface area contributed by atoms with E-state index in [-0.39, 0.29) is 19.1 Å². The summed E-state index contributed by atoms with van der Waals surface area (Å²) in [6, 6.07) is -0.895. The fourth-order valence-corrected chi connectivity index (χ4v) is 6.17. The molecule has 0 aromatic rings. The molecule has 0 aliphatic carbocycles. The molecule has 0 aliphatic rings. The lowest BCUT2D eigenvalue weighted by atomic mass is 10.0. The third-order valence-corrected chi connectivity index (χ3v) is 9.62. The highest BCUT2D eigenvalue weighted by molar-refractivity contribution is 7.45. The summed E-state index contributed by atoms with van der Waals surface area (Å²) >= 11 is 0. The van der Waals surface area contributed by atoms with Gasteiger partial charge in [0.1, 0.15) is 13.2 Å². The molecule has 0 saturated carbocycles. The zero-order valence-corrected chi connectivity index (χ0v) is 32.8. The average Bonchev–Trinajstić information content (AvgIpc) is 3.02. The topological polar surface area (TPSA) is 108 Å². The van der Waals surface area contributed by atoms with Crippen molar-refractivity contribution in [3.63, 3.8) is 0 Å². The first-order chi connectivity index (χ1) is 23.0. The number of amides is 1. The third-order valence-electron chi connectivity index (χ3n) is 8.66. The standard InChI is InChI=1S/C39H77N2O6P/c1-6-8-10-12-14-16-17-18-19-20-21-22-23-25-26-28-30-32-38(42)37(36-47-48(44,45)46-35-34-41(3,4)5)40-39(43)33-31-29-27-24-15-13-11-9-7-2/h24,27,30,32,37-38,42H,6-23,25-26,28-29,31,33-36H2,1-5H3,(H-,40,43,44,45)/b27-24-,32-30+. The maximum absolute atomic E-state index is 12.7. The average molecular weight is 701 g/mol. The zero-order chi connectivity index (χ0) is 35.8. The summed E-state index contributed by atoms with van der Waals surface area (Å²) in [6.45, 7) is 4.57. The van der Waals surface area contributed by atoms with Crippen LogP contribution in [0.4, 0.5) is 0 Å². The number of nitrogens with zero attached hydrogens (tertiary/aromatic N) is 1. The van der Waals surface area contributed by atoms with Gasteiger partial charge in [0.15, 0.2) is 0 Å². The first kappa shape index (κ1) is 47.0. The van der Waals surface area contributed by atoms with E-state index in [2.05, 4.69) is 31.3 Å². The zero-order valence-electron chi connectivity index (χ0n) is 31.9. The van der Waals surface area contributed by atoms with Gasteiger partial charge in [-0.25, -0.2) is 0 Å². The number of aliphatic hydroxyl groups excluding tert-OH is 1. The fourth-order valence-electron chi connectivity index (χ4n) is 5.45. The monoisotopic (exact) mass is 701 g/mol. The molecule has 0 bridgehead atoms. The van der Waals surface area contributed by atoms with Gasteiger partial charge in [0.05, 0.1) is 39.9 Å². The SMILES string of the molecule is CCCCCC/C=C\CCCC(=O)NC(COP(=O)([O-])OCC[N+](C)(C)C)C(O)/C=C/CCCCCCCCCCCCCCCCC. The van der Waals surface area contributed by atoms with Gasteiger partial charge in [0.2, 0.25) is 5.91 Å². The van der Waals surface area contributed by atoms with Crippen LogP contribution in [0.2, 0.25) is 0 Å². The molecule has 48 heavy (non-hydrogen) atoms. The summed E-state index contributed by atoms with van der Waals surface area (Å²) in [6.07, 6.45) is 35.2. The molecular formula is C39H77N2O6P. The van der Waals surface area contributed by atoms with Crippen molar-refractivity contribution in [2.24, 2.45) is 0 Å². The van der Waals surface area contributed by atoms with Crippen LogP contribution in [0.1, 0.15) is 168 Å². The van der Waals surface area contributed by atoms with E-state index in [0.717, 1.165) is 32.1 Å². The van der Waals surface area contributed by atoms with Gasteiger partial charge < -0.3 is 28.8 Å². The molecule has 9 heteroatoms. The van der Waals surface area contributed by atoms with Gasteiger partial charge in [0, 0.05) is 6.42 Å². The van der Waals surface area contributed by atoms with Gasteiger partial charge in [-0.15, -0.1) is 0 Å². The first-order valence-electron chi connectivity index (χ1n) is 19.7. The molecule has 1 amide bonds. The van der Waals surface area contributed by atoms with Crippen LogP contribution < -0.4 is 10.2 Å². The number of quaternary nitrogens is 1. The Balaban J connectivity index is 4.48. The lowest BCUT2D eigenvalue weighted by Gasteiger charge is -2.29. The Morgan fingerprint density at radius 1 is 0.708 bits per heavy atom. The number of rotatable bonds is 35. The maximum Gasteiger partial charge on any atom is 0.268 e. The highest BCUT2D eigenvalue weighted by Crippen LogP contribution is 2.38. The van der Waals surface area contributed by atoms with Crippen LogP contribution in [-0.4, -0.2) is 68.5 Å². The Morgan fingerprint density at radius 3 is 1.65 bits per heavy atom. The van der Waals surface area contributed by atoms with E-state index in [0.29, 0.717) is 23.9 Å². The van der Waals surface area contributed by atoms with Crippen LogP contribution in [0.5, 0.6) is 0 Å². The quantitative estimate of drug-likeness (QED) is 0.0295. The number of unbranched alkanes of at least 4 members (excludes halogenated alkanes) is 20. The second-order valence-electron chi connectivity index (χ2n) is 14.6. The third kappa shape index (κ3) is 33.5. The molecule has 0 heterocycles. The lowest BCUT2D eigenvalue weighted by molar-refractivity contribution is -0.870. The van der Waals surface area contributed by atoms with Gasteiger partial charge in [-0.3, -0.25) is 9.36 Å². The molecule has 0 fully saturated rings. The molecule has 0 aliphatic heterocycles. The number of hydrogen-bond acceptors (Lipinski definition) is 6. The lowest BCUT2D eigenvalue weighted by Crippen LogP contribution is -2.45. The first-order valence-corrected chi connectivity index (χ1v) is 21.2. The number of aliphatic hydroxyl groups is 1. The molecular weight excluding hydrogens is 623 g/mol. The van der Waals surface area contributed by atoms with Gasteiger partial charge in [-0.1, -0.05) is 147 Å². The van der Waals surface area contributed by atoms with Crippen molar-refractivity contribution >= 4 is 13.7 Å². The van der Waals surface area contributed by atoms with Crippen LogP contribution in [0, 0.1) is 0 Å². The Hall–Kier alpha value is -1.02. The number of carbonyl (C=O) groups excluding carboxylic acids is 1. The van der Waals surface area contributed by atoms with Crippen molar-refractivity contribution in [3.8, 4) is 0 Å². The van der Waals surface area contributed by atoms with Crippen LogP contribution in [0.25, 0.3) is 0 Å². The Labute approximate surface area is 296 Å². The number of allylic oxidation sites excluding steroid dienone is 3. The van der Waals surface area contributed by atoms with Crippen LogP contribution >= 0.6 is 7.82 Å². The Bertz CT molecular complexity index is 845. The van der Waals surface area contributed by atoms with Crippen molar-refractivity contribution < 1.29 is 32.9 Å². The summed E-state index contributed by atoms with van der Waals surface area (Å²) in [7, 11) is 1.24. The number of likely N-dealkylation sites (N-methyl/N-ethyl adjacent to an activating group) is 1. The van der Waals surface area contributed by atoms with E-state index < -0.39 is 20.0 Å². The molecule has 0 spiro atoms. The van der Waals surface area contributed by atoms with Gasteiger partial charge in [-0.2, -0.15) is 0 Å². The van der Waals surface area contributed by atoms with E-state index in [1.54, 1.807) is 6.08 Å². The fraction of sp³-hybridized carbons (Fsp3) is 0.872. The van der Waals surface area contributed by atoms with E-state index in [1.165, 1.54) is 109 Å². The Kier molecular flexibility index (Phi) is 31.2.